The van der Waals surface area contributed by atoms with Crippen molar-refractivity contribution in [1.82, 2.24) is 14.5 Å². The van der Waals surface area contributed by atoms with E-state index in [9.17, 15) is 23.6 Å². The largest absolute Gasteiger partial charge is 0.479 e. The molecule has 8 nitrogen and oxygen atoms in total. The Labute approximate surface area is 140 Å². The number of para-hydroxylation sites is 1. The van der Waals surface area contributed by atoms with E-state index in [-0.39, 0.29) is 25.9 Å². The number of fused-ring (bicyclic) bond motifs is 1. The first-order valence-corrected chi connectivity index (χ1v) is 7.74. The topological polar surface area (TPSA) is 112 Å². The Bertz CT molecular complexity index is 966. The van der Waals surface area contributed by atoms with Crippen LogP contribution in [0.4, 0.5) is 4.39 Å². The zero-order valence-corrected chi connectivity index (χ0v) is 13.2. The molecule has 1 fully saturated rings. The lowest BCUT2D eigenvalue weighted by Gasteiger charge is -2.18. The number of H-pyrrole nitrogens is 1. The molecule has 2 aromatic rings. The van der Waals surface area contributed by atoms with E-state index < -0.39 is 35.3 Å². The third-order valence-corrected chi connectivity index (χ3v) is 4.41. The molecule has 25 heavy (non-hydrogen) atoms. The molecule has 2 heterocycles. The number of nitrogens with one attached hydrogen (secondary N) is 1. The Morgan fingerprint density at radius 1 is 1.28 bits per heavy atom. The molecule has 1 aromatic carbocycles. The second-order valence-electron chi connectivity index (χ2n) is 6.01. The third kappa shape index (κ3) is 3.04. The van der Waals surface area contributed by atoms with Crippen LogP contribution >= 0.6 is 0 Å². The van der Waals surface area contributed by atoms with E-state index in [1.165, 1.54) is 4.57 Å². The fraction of sp³-hybridized carbons (Fsp3) is 0.375. The van der Waals surface area contributed by atoms with Crippen LogP contribution in [0.15, 0.2) is 33.9 Å². The van der Waals surface area contributed by atoms with Gasteiger partial charge in [0.05, 0.1) is 17.4 Å². The summed E-state index contributed by atoms with van der Waals surface area (Å²) in [6.45, 7) is -0.483. The monoisotopic (exact) mass is 349 g/mol. The Balaban J connectivity index is 1.78. The highest BCUT2D eigenvalue weighted by Crippen LogP contribution is 2.26. The van der Waals surface area contributed by atoms with Gasteiger partial charge in [0.15, 0.2) is 0 Å². The van der Waals surface area contributed by atoms with E-state index in [2.05, 4.69) is 4.98 Å². The van der Waals surface area contributed by atoms with Crippen LogP contribution in [0.2, 0.25) is 0 Å². The number of nitrogens with zero attached hydrogens (tertiary/aromatic N) is 2. The Hall–Kier alpha value is -2.97. The van der Waals surface area contributed by atoms with Gasteiger partial charge in [-0.25, -0.2) is 14.0 Å². The summed E-state index contributed by atoms with van der Waals surface area (Å²) >= 11 is 0. The van der Waals surface area contributed by atoms with Crippen molar-refractivity contribution in [2.24, 2.45) is 0 Å². The molecule has 0 spiro atoms. The number of likely N-dealkylation sites (tertiary alicyclic amines) is 1. The summed E-state index contributed by atoms with van der Waals surface area (Å²) in [6, 6.07) is 6.50. The van der Waals surface area contributed by atoms with Crippen LogP contribution in [0.25, 0.3) is 10.9 Å². The highest BCUT2D eigenvalue weighted by molar-refractivity contribution is 5.82. The molecule has 1 aliphatic heterocycles. The lowest BCUT2D eigenvalue weighted by Crippen LogP contribution is -2.39. The molecule has 9 heteroatoms. The van der Waals surface area contributed by atoms with Gasteiger partial charge in [-0.15, -0.1) is 0 Å². The number of carboxylic acids is 1. The summed E-state index contributed by atoms with van der Waals surface area (Å²) < 4.78 is 15.3. The number of aromatic amines is 1. The van der Waals surface area contributed by atoms with E-state index in [0.29, 0.717) is 10.9 Å². The van der Waals surface area contributed by atoms with Gasteiger partial charge in [-0.05, 0) is 12.1 Å². The predicted octanol–water partition coefficient (Wildman–Crippen LogP) is 0.105. The molecule has 0 bridgehead atoms. The number of aromatic nitrogens is 2. The number of carbonyl (C=O) groups excluding carboxylic acids is 1. The minimum atomic E-state index is -2.42. The number of rotatable bonds is 4. The smallest absolute Gasteiger partial charge is 0.343 e. The third-order valence-electron chi connectivity index (χ3n) is 4.41. The Morgan fingerprint density at radius 3 is 2.68 bits per heavy atom. The van der Waals surface area contributed by atoms with Gasteiger partial charge >= 0.3 is 11.7 Å². The van der Waals surface area contributed by atoms with E-state index in [1.54, 1.807) is 24.3 Å². The van der Waals surface area contributed by atoms with Crippen LogP contribution in [0.5, 0.6) is 0 Å². The summed E-state index contributed by atoms with van der Waals surface area (Å²) in [5.41, 5.74) is -3.16. The standard InChI is InChI=1S/C16H16FN3O5/c17-16(14(23)24)6-8-19(9-16)12(21)5-7-20-11-4-2-1-3-10(11)13(22)18-15(20)25/h1-4H,5-9H2,(H,23,24)(H,18,22,25). The molecular formula is C16H16FN3O5. The van der Waals surface area contributed by atoms with Gasteiger partial charge in [0.2, 0.25) is 11.6 Å². The van der Waals surface area contributed by atoms with Crippen molar-refractivity contribution >= 4 is 22.8 Å². The summed E-state index contributed by atoms with van der Waals surface area (Å²) in [6.07, 6.45) is -0.360. The minimum absolute atomic E-state index is 0.00217. The zero-order valence-electron chi connectivity index (χ0n) is 13.2. The molecule has 1 atom stereocenters. The predicted molar refractivity (Wildman–Crippen MR) is 86.1 cm³/mol. The number of benzene rings is 1. The summed E-state index contributed by atoms with van der Waals surface area (Å²) in [5.74, 6) is -2.02. The van der Waals surface area contributed by atoms with Crippen LogP contribution in [-0.4, -0.2) is 50.2 Å². The van der Waals surface area contributed by atoms with E-state index in [4.69, 9.17) is 5.11 Å². The molecule has 0 radical (unpaired) electrons. The molecule has 1 aliphatic rings. The van der Waals surface area contributed by atoms with Gasteiger partial charge in [-0.1, -0.05) is 12.1 Å². The molecule has 0 saturated carbocycles. The SMILES string of the molecule is O=C(CCn1c(=O)[nH]c(=O)c2ccccc21)N1CCC(F)(C(=O)O)C1. The average Bonchev–Trinajstić information content (AvgIpc) is 2.98. The molecule has 1 aromatic heterocycles. The molecule has 132 valence electrons. The number of hydrogen-bond acceptors (Lipinski definition) is 4. The maximum absolute atomic E-state index is 14.0. The summed E-state index contributed by atoms with van der Waals surface area (Å²) in [4.78, 5) is 50.3. The number of halogens is 1. The number of hydrogen-bond donors (Lipinski definition) is 2. The number of aryl methyl sites for hydroxylation is 1. The number of carbonyl (C=O) groups is 2. The molecule has 0 aliphatic carbocycles. The first kappa shape index (κ1) is 16.9. The van der Waals surface area contributed by atoms with Crippen molar-refractivity contribution < 1.29 is 19.1 Å². The second-order valence-corrected chi connectivity index (χ2v) is 6.01. The maximum atomic E-state index is 14.0. The van der Waals surface area contributed by atoms with Crippen molar-refractivity contribution in [3.8, 4) is 0 Å². The van der Waals surface area contributed by atoms with Crippen molar-refractivity contribution in [3.63, 3.8) is 0 Å². The first-order chi connectivity index (χ1) is 11.8. The average molecular weight is 349 g/mol. The Morgan fingerprint density at radius 2 is 2.00 bits per heavy atom. The van der Waals surface area contributed by atoms with Crippen LogP contribution in [-0.2, 0) is 16.1 Å². The van der Waals surface area contributed by atoms with Crippen LogP contribution in [0, 0.1) is 0 Å². The van der Waals surface area contributed by atoms with Gasteiger partial charge in [0.1, 0.15) is 0 Å². The lowest BCUT2D eigenvalue weighted by molar-refractivity contribution is -0.150. The number of carboxylic acid groups (broad SMARTS) is 1. The van der Waals surface area contributed by atoms with Gasteiger partial charge in [0.25, 0.3) is 5.56 Å². The fourth-order valence-corrected chi connectivity index (χ4v) is 2.99. The van der Waals surface area contributed by atoms with Gasteiger partial charge in [-0.2, -0.15) is 0 Å². The quantitative estimate of drug-likeness (QED) is 0.813. The Kier molecular flexibility index (Phi) is 4.15. The molecule has 3 rings (SSSR count). The highest BCUT2D eigenvalue weighted by Gasteiger charge is 2.46. The molecule has 1 saturated heterocycles. The fourth-order valence-electron chi connectivity index (χ4n) is 2.99. The molecule has 2 N–H and O–H groups in total. The van der Waals surface area contributed by atoms with Crippen LogP contribution in [0.1, 0.15) is 12.8 Å². The van der Waals surface area contributed by atoms with Crippen molar-refractivity contribution in [2.45, 2.75) is 25.1 Å². The number of amides is 1. The van der Waals surface area contributed by atoms with E-state index >= 15 is 0 Å². The van der Waals surface area contributed by atoms with Crippen LogP contribution < -0.4 is 11.2 Å². The van der Waals surface area contributed by atoms with Gasteiger partial charge in [-0.3, -0.25) is 19.1 Å². The highest BCUT2D eigenvalue weighted by atomic mass is 19.1. The number of aliphatic carboxylic acids is 1. The normalized spacial score (nSPS) is 20.1. The maximum Gasteiger partial charge on any atom is 0.343 e. The van der Waals surface area contributed by atoms with Gasteiger partial charge in [0, 0.05) is 25.9 Å². The minimum Gasteiger partial charge on any atom is -0.479 e. The van der Waals surface area contributed by atoms with E-state index in [0.717, 1.165) is 4.90 Å². The molecular weight excluding hydrogens is 333 g/mol. The van der Waals surface area contributed by atoms with Gasteiger partial charge < -0.3 is 10.0 Å². The second kappa shape index (κ2) is 6.15. The van der Waals surface area contributed by atoms with Crippen LogP contribution in [0.3, 0.4) is 0 Å². The number of alkyl halides is 1. The molecule has 1 amide bonds. The molecule has 1 unspecified atom stereocenters. The van der Waals surface area contributed by atoms with E-state index in [1.807, 2.05) is 0 Å². The summed E-state index contributed by atoms with van der Waals surface area (Å²) in [7, 11) is 0. The van der Waals surface area contributed by atoms with Crippen molar-refractivity contribution in [3.05, 3.63) is 45.1 Å². The van der Waals surface area contributed by atoms with Crippen molar-refractivity contribution in [2.75, 3.05) is 13.1 Å². The lowest BCUT2D eigenvalue weighted by atomic mass is 10.1. The zero-order chi connectivity index (χ0) is 18.2. The van der Waals surface area contributed by atoms with Crippen molar-refractivity contribution in [1.29, 1.82) is 0 Å². The summed E-state index contributed by atoms with van der Waals surface area (Å²) in [5, 5.41) is 9.19. The first-order valence-electron chi connectivity index (χ1n) is 7.74.